The molecular weight excluding hydrogens is 386 g/mol. The van der Waals surface area contributed by atoms with Gasteiger partial charge < -0.3 is 16.0 Å². The molecule has 2 atom stereocenters. The van der Waals surface area contributed by atoms with Gasteiger partial charge in [-0.15, -0.1) is 6.58 Å². The predicted molar refractivity (Wildman–Crippen MR) is 130 cm³/mol. The summed E-state index contributed by atoms with van der Waals surface area (Å²) >= 11 is 0. The van der Waals surface area contributed by atoms with Crippen LogP contribution in [-0.4, -0.2) is 18.4 Å². The number of unbranched alkanes of at least 4 members (excludes halogenated alkanes) is 1. The van der Waals surface area contributed by atoms with E-state index in [1.54, 1.807) is 11.8 Å². The lowest BCUT2D eigenvalue weighted by Crippen LogP contribution is -2.42. The van der Waals surface area contributed by atoms with Gasteiger partial charge in [-0.1, -0.05) is 45.0 Å². The molecule has 0 fully saturated rings. The lowest BCUT2D eigenvalue weighted by molar-refractivity contribution is -0.117. The third-order valence-electron chi connectivity index (χ3n) is 5.46. The van der Waals surface area contributed by atoms with Crippen molar-refractivity contribution in [1.82, 2.24) is 0 Å². The fourth-order valence-corrected chi connectivity index (χ4v) is 3.73. The minimum absolute atomic E-state index is 0.0117. The van der Waals surface area contributed by atoms with Crippen molar-refractivity contribution >= 4 is 23.2 Å². The number of benzene rings is 2. The van der Waals surface area contributed by atoms with E-state index in [4.69, 9.17) is 5.73 Å². The Morgan fingerprint density at radius 2 is 1.81 bits per heavy atom. The number of hydrogen-bond donors (Lipinski definition) is 2. The molecule has 0 saturated carbocycles. The Morgan fingerprint density at radius 1 is 1.16 bits per heavy atom. The molecule has 0 aromatic heterocycles. The highest BCUT2D eigenvalue weighted by atomic mass is 16.2. The summed E-state index contributed by atoms with van der Waals surface area (Å²) in [4.78, 5) is 25.8. The maximum absolute atomic E-state index is 12.0. The van der Waals surface area contributed by atoms with Crippen molar-refractivity contribution in [2.24, 2.45) is 11.7 Å². The van der Waals surface area contributed by atoms with E-state index in [1.165, 1.54) is 0 Å². The summed E-state index contributed by atoms with van der Waals surface area (Å²) in [6.07, 6.45) is 3.95. The zero-order valence-electron chi connectivity index (χ0n) is 19.2. The third-order valence-corrected chi connectivity index (χ3v) is 5.46. The molecule has 1 aliphatic heterocycles. The fourth-order valence-electron chi connectivity index (χ4n) is 3.73. The maximum atomic E-state index is 12.0. The zero-order valence-corrected chi connectivity index (χ0v) is 19.2. The number of nitrogens with one attached hydrogen (secondary N) is 1. The molecule has 1 aliphatic rings. The topological polar surface area (TPSA) is 75.4 Å². The van der Waals surface area contributed by atoms with Gasteiger partial charge >= 0.3 is 0 Å². The van der Waals surface area contributed by atoms with Gasteiger partial charge in [0.2, 0.25) is 11.8 Å². The maximum Gasteiger partial charge on any atom is 0.224 e. The summed E-state index contributed by atoms with van der Waals surface area (Å²) in [6, 6.07) is 13.8. The second-order valence-corrected chi connectivity index (χ2v) is 7.71. The molecular formula is C26H35N3O2. The summed E-state index contributed by atoms with van der Waals surface area (Å²) in [5.41, 5.74) is 11.2. The largest absolute Gasteiger partial charge is 0.326 e. The minimum atomic E-state index is -0.102. The van der Waals surface area contributed by atoms with Crippen LogP contribution < -0.4 is 16.0 Å². The molecule has 1 unspecified atom stereocenters. The molecule has 1 heterocycles. The van der Waals surface area contributed by atoms with E-state index in [0.29, 0.717) is 13.0 Å². The summed E-state index contributed by atoms with van der Waals surface area (Å²) in [6.45, 7) is 12.0. The zero-order chi connectivity index (χ0) is 23.0. The van der Waals surface area contributed by atoms with Crippen LogP contribution in [0.3, 0.4) is 0 Å². The smallest absolute Gasteiger partial charge is 0.224 e. The Bertz CT molecular complexity index is 905. The first-order valence-corrected chi connectivity index (χ1v) is 11.1. The first kappa shape index (κ1) is 24.4. The Balaban J connectivity index is 0.00000166. The lowest BCUT2D eigenvalue weighted by atomic mass is 9.87. The van der Waals surface area contributed by atoms with Crippen LogP contribution in [0.1, 0.15) is 58.6 Å². The average Bonchev–Trinajstić information content (AvgIpc) is 2.78. The molecule has 5 nitrogen and oxygen atoms in total. The van der Waals surface area contributed by atoms with Gasteiger partial charge in [0, 0.05) is 37.3 Å². The number of anilines is 2. The summed E-state index contributed by atoms with van der Waals surface area (Å²) in [5, 5.41) is 2.92. The van der Waals surface area contributed by atoms with E-state index in [-0.39, 0.29) is 23.8 Å². The van der Waals surface area contributed by atoms with E-state index in [2.05, 4.69) is 24.9 Å². The summed E-state index contributed by atoms with van der Waals surface area (Å²) in [5.74, 6) is 0.240. The number of nitrogens with two attached hydrogens (primary N) is 1. The van der Waals surface area contributed by atoms with E-state index in [1.807, 2.05) is 56.3 Å². The Labute approximate surface area is 186 Å². The van der Waals surface area contributed by atoms with Gasteiger partial charge in [-0.3, -0.25) is 9.59 Å². The van der Waals surface area contributed by atoms with E-state index in [0.717, 1.165) is 40.9 Å². The molecule has 0 saturated heterocycles. The number of rotatable bonds is 6. The summed E-state index contributed by atoms with van der Waals surface area (Å²) in [7, 11) is 0. The quantitative estimate of drug-likeness (QED) is 0.466. The minimum Gasteiger partial charge on any atom is -0.326 e. The van der Waals surface area contributed by atoms with Gasteiger partial charge in [-0.25, -0.2) is 0 Å². The lowest BCUT2D eigenvalue weighted by Gasteiger charge is -2.37. The van der Waals surface area contributed by atoms with Crippen molar-refractivity contribution in [2.45, 2.75) is 53.0 Å². The third kappa shape index (κ3) is 6.05. The molecule has 2 aromatic rings. The molecule has 3 N–H and O–H groups in total. The van der Waals surface area contributed by atoms with Gasteiger partial charge in [0.05, 0.1) is 0 Å². The number of allylic oxidation sites excluding steroid dienone is 1. The molecule has 31 heavy (non-hydrogen) atoms. The number of fused-ring (bicyclic) bond motifs is 1. The first-order valence-electron chi connectivity index (χ1n) is 11.1. The van der Waals surface area contributed by atoms with E-state index in [9.17, 15) is 9.59 Å². The number of amides is 2. The van der Waals surface area contributed by atoms with Crippen molar-refractivity contribution in [2.75, 3.05) is 16.8 Å². The van der Waals surface area contributed by atoms with Gasteiger partial charge in [-0.05, 0) is 59.7 Å². The fraction of sp³-hybridized carbons (Fsp3) is 0.385. The van der Waals surface area contributed by atoms with Crippen molar-refractivity contribution in [1.29, 1.82) is 0 Å². The van der Waals surface area contributed by atoms with Crippen LogP contribution in [0.15, 0.2) is 55.1 Å². The Kier molecular flexibility index (Phi) is 9.01. The van der Waals surface area contributed by atoms with Crippen LogP contribution in [0.2, 0.25) is 0 Å². The molecule has 0 aliphatic carbocycles. The molecule has 0 bridgehead atoms. The van der Waals surface area contributed by atoms with Crippen LogP contribution in [0.5, 0.6) is 0 Å². The number of carbonyl (C=O) groups excluding carboxylic acids is 2. The van der Waals surface area contributed by atoms with Crippen molar-refractivity contribution in [3.63, 3.8) is 0 Å². The van der Waals surface area contributed by atoms with Crippen LogP contribution >= 0.6 is 0 Å². The SMILES string of the molecule is C=CCCCC(=O)Nc1ccc(-c2ccc3c(c2)C(N)[C@H](C)CN3C(C)=O)cc1.CC. The summed E-state index contributed by atoms with van der Waals surface area (Å²) < 4.78 is 0. The van der Waals surface area contributed by atoms with Gasteiger partial charge in [0.1, 0.15) is 0 Å². The highest BCUT2D eigenvalue weighted by molar-refractivity contribution is 5.94. The predicted octanol–water partition coefficient (Wildman–Crippen LogP) is 5.68. The number of hydrogen-bond acceptors (Lipinski definition) is 3. The Morgan fingerprint density at radius 3 is 2.42 bits per heavy atom. The van der Waals surface area contributed by atoms with Crippen LogP contribution in [0, 0.1) is 5.92 Å². The highest BCUT2D eigenvalue weighted by Gasteiger charge is 2.30. The average molecular weight is 422 g/mol. The van der Waals surface area contributed by atoms with Crippen molar-refractivity contribution in [3.8, 4) is 11.1 Å². The molecule has 2 amide bonds. The van der Waals surface area contributed by atoms with Gasteiger partial charge in [0.25, 0.3) is 0 Å². The second kappa shape index (κ2) is 11.5. The van der Waals surface area contributed by atoms with Crippen LogP contribution in [0.4, 0.5) is 11.4 Å². The van der Waals surface area contributed by atoms with Crippen LogP contribution in [-0.2, 0) is 9.59 Å². The molecule has 2 aromatic carbocycles. The molecule has 3 rings (SSSR count). The van der Waals surface area contributed by atoms with Gasteiger partial charge in [-0.2, -0.15) is 0 Å². The molecule has 5 heteroatoms. The monoisotopic (exact) mass is 421 g/mol. The molecule has 0 spiro atoms. The normalized spacial score (nSPS) is 17.1. The van der Waals surface area contributed by atoms with Crippen molar-refractivity contribution < 1.29 is 9.59 Å². The second-order valence-electron chi connectivity index (χ2n) is 7.71. The van der Waals surface area contributed by atoms with E-state index >= 15 is 0 Å². The standard InChI is InChI=1S/C24H29N3O2.C2H6/c1-4-5-6-7-23(29)26-20-11-8-18(9-12-20)19-10-13-22-21(14-19)24(25)16(2)15-27(22)17(3)28;1-2/h4,8-14,16,24H,1,5-7,15,25H2,2-3H3,(H,26,29);1-2H3/t16-,24?;/m1./s1. The van der Waals surface area contributed by atoms with Crippen molar-refractivity contribution in [3.05, 3.63) is 60.7 Å². The number of carbonyl (C=O) groups is 2. The highest BCUT2D eigenvalue weighted by Crippen LogP contribution is 2.38. The van der Waals surface area contributed by atoms with Crippen LogP contribution in [0.25, 0.3) is 11.1 Å². The van der Waals surface area contributed by atoms with E-state index < -0.39 is 0 Å². The Hall–Kier alpha value is -2.92. The molecule has 0 radical (unpaired) electrons. The number of nitrogens with zero attached hydrogens (tertiary/aromatic N) is 1. The van der Waals surface area contributed by atoms with Gasteiger partial charge in [0.15, 0.2) is 0 Å². The first-order chi connectivity index (χ1) is 14.9. The molecule has 166 valence electrons.